The third-order valence-electron chi connectivity index (χ3n) is 5.08. The van der Waals surface area contributed by atoms with Crippen molar-refractivity contribution in [3.8, 4) is 22.4 Å². The van der Waals surface area contributed by atoms with Crippen LogP contribution in [-0.4, -0.2) is 13.1 Å². The van der Waals surface area contributed by atoms with E-state index in [9.17, 15) is 0 Å². The Morgan fingerprint density at radius 2 is 1.41 bits per heavy atom. The van der Waals surface area contributed by atoms with Crippen LogP contribution >= 0.6 is 0 Å². The van der Waals surface area contributed by atoms with Gasteiger partial charge in [-0.1, -0.05) is 95.4 Å². The molecule has 1 nitrogen and oxygen atoms in total. The second kappa shape index (κ2) is 8.67. The Hall–Kier alpha value is -2.19. The van der Waals surface area contributed by atoms with E-state index in [0.29, 0.717) is 11.8 Å². The van der Waals surface area contributed by atoms with E-state index >= 15 is 0 Å². The molecule has 2 aromatic carbocycles. The van der Waals surface area contributed by atoms with Crippen molar-refractivity contribution >= 4 is 8.07 Å². The van der Waals surface area contributed by atoms with Crippen molar-refractivity contribution in [1.82, 2.24) is 4.98 Å². The summed E-state index contributed by atoms with van der Waals surface area (Å²) in [5.74, 6) is -0.705. The molecule has 0 N–H and O–H groups in total. The van der Waals surface area contributed by atoms with Gasteiger partial charge in [0.15, 0.2) is 0 Å². The lowest BCUT2D eigenvalue weighted by atomic mass is 9.83. The van der Waals surface area contributed by atoms with E-state index < -0.39 is 14.1 Å². The van der Waals surface area contributed by atoms with E-state index in [1.807, 2.05) is 24.4 Å². The van der Waals surface area contributed by atoms with Gasteiger partial charge in [0.05, 0.1) is 5.69 Å². The van der Waals surface area contributed by atoms with E-state index in [1.54, 1.807) is 0 Å². The SMILES string of the molecule is [2H]C([2H])(c1cc(C(C)C)c(-c2ccnc(-c3ccccc3)c2)c(C(C)C)c1)[Si](C)(C)C. The van der Waals surface area contributed by atoms with E-state index in [4.69, 9.17) is 2.74 Å². The van der Waals surface area contributed by atoms with E-state index in [2.05, 4.69) is 88.7 Å². The fourth-order valence-electron chi connectivity index (χ4n) is 3.79. The molecule has 0 bridgehead atoms. The van der Waals surface area contributed by atoms with Crippen LogP contribution in [-0.2, 0) is 6.00 Å². The van der Waals surface area contributed by atoms with Gasteiger partial charge in [0.1, 0.15) is 0 Å². The summed E-state index contributed by atoms with van der Waals surface area (Å²) in [5.41, 5.74) is 7.72. The number of hydrogen-bond acceptors (Lipinski definition) is 1. The number of pyridine rings is 1. The molecule has 0 radical (unpaired) electrons. The summed E-state index contributed by atoms with van der Waals surface area (Å²) >= 11 is 0. The number of benzene rings is 2. The molecule has 0 saturated heterocycles. The van der Waals surface area contributed by atoms with Crippen LogP contribution in [0.4, 0.5) is 0 Å². The highest BCUT2D eigenvalue weighted by atomic mass is 28.3. The molecule has 0 amide bonds. The highest BCUT2D eigenvalue weighted by Gasteiger charge is 2.21. The van der Waals surface area contributed by atoms with Crippen molar-refractivity contribution in [3.05, 3.63) is 77.5 Å². The molecule has 0 spiro atoms. The zero-order chi connectivity index (χ0) is 23.0. The number of rotatable bonds is 6. The Morgan fingerprint density at radius 1 is 0.828 bits per heavy atom. The first-order valence-electron chi connectivity index (χ1n) is 11.6. The third kappa shape index (κ3) is 5.25. The largest absolute Gasteiger partial charge is 0.256 e. The third-order valence-corrected chi connectivity index (χ3v) is 6.12. The summed E-state index contributed by atoms with van der Waals surface area (Å²) in [4.78, 5) is 4.62. The first-order valence-corrected chi connectivity index (χ1v) is 14.1. The molecule has 0 aliphatic heterocycles. The lowest BCUT2D eigenvalue weighted by Gasteiger charge is -2.24. The normalized spacial score (nSPS) is 13.6. The van der Waals surface area contributed by atoms with Crippen molar-refractivity contribution < 1.29 is 2.74 Å². The quantitative estimate of drug-likeness (QED) is 0.379. The highest BCUT2D eigenvalue weighted by Crippen LogP contribution is 2.38. The smallest absolute Gasteiger partial charge is 0.0708 e. The van der Waals surface area contributed by atoms with Crippen LogP contribution in [0.2, 0.25) is 19.6 Å². The molecule has 0 saturated carbocycles. The Morgan fingerprint density at radius 3 is 1.93 bits per heavy atom. The van der Waals surface area contributed by atoms with E-state index in [-0.39, 0.29) is 0 Å². The molecule has 0 unspecified atom stereocenters. The minimum atomic E-state index is -2.07. The topological polar surface area (TPSA) is 12.9 Å². The fraction of sp³-hybridized carbons (Fsp3) is 0.370. The van der Waals surface area contributed by atoms with Gasteiger partial charge in [-0.2, -0.15) is 0 Å². The molecule has 0 aliphatic rings. The molecule has 2 heteroatoms. The van der Waals surface area contributed by atoms with Gasteiger partial charge in [-0.25, -0.2) is 0 Å². The van der Waals surface area contributed by atoms with Crippen LogP contribution in [0.3, 0.4) is 0 Å². The maximum Gasteiger partial charge on any atom is 0.0708 e. The Balaban J connectivity index is 2.28. The molecule has 0 aliphatic carbocycles. The van der Waals surface area contributed by atoms with Crippen molar-refractivity contribution in [2.24, 2.45) is 0 Å². The first kappa shape index (κ1) is 18.8. The first-order chi connectivity index (χ1) is 14.4. The summed E-state index contributed by atoms with van der Waals surface area (Å²) in [5, 5.41) is 0. The summed E-state index contributed by atoms with van der Waals surface area (Å²) < 4.78 is 17.9. The van der Waals surface area contributed by atoms with Gasteiger partial charge >= 0.3 is 0 Å². The zero-order valence-corrected chi connectivity index (χ0v) is 19.9. The molecule has 0 atom stereocenters. The minimum Gasteiger partial charge on any atom is -0.256 e. The van der Waals surface area contributed by atoms with Crippen molar-refractivity contribution in [2.45, 2.75) is 65.2 Å². The monoisotopic (exact) mass is 403 g/mol. The molecule has 1 heterocycles. The molecule has 3 aromatic rings. The maximum atomic E-state index is 8.93. The molecule has 1 aromatic heterocycles. The van der Waals surface area contributed by atoms with E-state index in [0.717, 1.165) is 22.4 Å². The van der Waals surface area contributed by atoms with Crippen LogP contribution < -0.4 is 0 Å². The van der Waals surface area contributed by atoms with E-state index in [1.165, 1.54) is 16.7 Å². The molecule has 0 fully saturated rings. The Kier molecular flexibility index (Phi) is 5.62. The van der Waals surface area contributed by atoms with Crippen LogP contribution in [0.15, 0.2) is 60.8 Å². The molecule has 29 heavy (non-hydrogen) atoms. The number of hydrogen-bond donors (Lipinski definition) is 0. The minimum absolute atomic E-state index is 0.290. The predicted octanol–water partition coefficient (Wildman–Crippen LogP) is 8.08. The average molecular weight is 404 g/mol. The highest BCUT2D eigenvalue weighted by molar-refractivity contribution is 6.75. The standard InChI is InChI=1S/C27H35NSi/c1-19(2)24-15-21(18-29(5,6)7)16-25(20(3)4)27(24)23-13-14-28-26(17-23)22-11-9-8-10-12-22/h8-17,19-20H,18H2,1-7H3/i18D2. The van der Waals surface area contributed by atoms with Gasteiger partial charge < -0.3 is 0 Å². The lowest BCUT2D eigenvalue weighted by Crippen LogP contribution is -2.24. The van der Waals surface area contributed by atoms with Gasteiger partial charge in [-0.15, -0.1) is 0 Å². The molecule has 3 rings (SSSR count). The van der Waals surface area contributed by atoms with Crippen LogP contribution in [0.1, 0.15) is 59.0 Å². The van der Waals surface area contributed by atoms with Gasteiger partial charge in [0, 0.05) is 22.6 Å². The fourth-order valence-corrected chi connectivity index (χ4v) is 4.80. The predicted molar refractivity (Wildman–Crippen MR) is 130 cm³/mol. The maximum absolute atomic E-state index is 8.93. The number of nitrogens with zero attached hydrogens (tertiary/aromatic N) is 1. The molecular formula is C27H35NSi. The Labute approximate surface area is 181 Å². The van der Waals surface area contributed by atoms with Gasteiger partial charge in [-0.3, -0.25) is 4.98 Å². The lowest BCUT2D eigenvalue weighted by molar-refractivity contribution is 0.834. The van der Waals surface area contributed by atoms with Gasteiger partial charge in [0.2, 0.25) is 0 Å². The summed E-state index contributed by atoms with van der Waals surface area (Å²) in [6.07, 6.45) is 1.89. The summed E-state index contributed by atoms with van der Waals surface area (Å²) in [6, 6.07) is 18.8. The second-order valence-corrected chi connectivity index (χ2v) is 14.3. The molecule has 152 valence electrons. The summed E-state index contributed by atoms with van der Waals surface area (Å²) in [6.45, 7) is 15.2. The van der Waals surface area contributed by atoms with Crippen LogP contribution in [0.5, 0.6) is 0 Å². The van der Waals surface area contributed by atoms with Crippen LogP contribution in [0, 0.1) is 0 Å². The molecular weight excluding hydrogens is 366 g/mol. The Bertz CT molecular complexity index is 1020. The van der Waals surface area contributed by atoms with Gasteiger partial charge in [-0.05, 0) is 52.2 Å². The van der Waals surface area contributed by atoms with Crippen molar-refractivity contribution in [1.29, 1.82) is 0 Å². The second-order valence-electron chi connectivity index (χ2n) is 9.51. The average Bonchev–Trinajstić information content (AvgIpc) is 2.72. The summed E-state index contributed by atoms with van der Waals surface area (Å²) in [7, 11) is -2.07. The van der Waals surface area contributed by atoms with Crippen molar-refractivity contribution in [3.63, 3.8) is 0 Å². The zero-order valence-electron chi connectivity index (χ0n) is 20.9. The van der Waals surface area contributed by atoms with Crippen LogP contribution in [0.25, 0.3) is 22.4 Å². The van der Waals surface area contributed by atoms with Gasteiger partial charge in [0.25, 0.3) is 0 Å². The number of aromatic nitrogens is 1. The van der Waals surface area contributed by atoms with Crippen molar-refractivity contribution in [2.75, 3.05) is 0 Å².